The van der Waals surface area contributed by atoms with Crippen LogP contribution in [0, 0.1) is 0 Å². The topological polar surface area (TPSA) is 496 Å². The Morgan fingerprint density at radius 1 is 0.614 bits per heavy atom. The Hall–Kier alpha value is -6.06. The van der Waals surface area contributed by atoms with Crippen molar-refractivity contribution >= 4 is 81.4 Å². The first kappa shape index (κ1) is 63.0. The van der Waals surface area contributed by atoms with Gasteiger partial charge in [0.05, 0.1) is 26.1 Å². The van der Waals surface area contributed by atoms with Crippen molar-refractivity contribution in [2.75, 3.05) is 24.7 Å². The summed E-state index contributed by atoms with van der Waals surface area (Å²) in [5, 5.41) is 42.4. The number of halogens is 1. The van der Waals surface area contributed by atoms with Gasteiger partial charge in [-0.05, 0) is 33.4 Å². The van der Waals surface area contributed by atoms with Crippen molar-refractivity contribution in [3.05, 3.63) is 154 Å². The van der Waals surface area contributed by atoms with Gasteiger partial charge in [-0.3, -0.25) is 37.7 Å². The second-order valence-corrected chi connectivity index (χ2v) is 24.3. The number of nitrogens with zero attached hydrogens (tertiary/aromatic N) is 6. The van der Waals surface area contributed by atoms with Crippen LogP contribution in [0.3, 0.4) is 0 Å². The molecule has 8 aromatic rings. The number of H-pyrrole nitrogens is 2. The number of nitrogen functional groups attached to an aromatic ring is 2. The quantitative estimate of drug-likeness (QED) is 0.0352. The average molecular weight is 1300 g/mol. The smallest absolute Gasteiger partial charge is 0.387 e. The first-order valence-electron chi connectivity index (χ1n) is 24.0. The lowest BCUT2D eigenvalue weighted by Gasteiger charge is -2.17. The zero-order chi connectivity index (χ0) is 60.2. The maximum Gasteiger partial charge on any atom is 0.481 e. The SMILES string of the molecule is BrCc1ccc(-c2ccccc2)cc1.Nc1nc2c(c(=O)[nH]1)n(Cc1ccc(-c3ccccc3)cc1)c[n+]2[C@@H]1O[C@H](COP(=O)(O)OP(=O)(O)O)[C@@H](O)[C@H]1O.Nc1nc2c(ncn2[C@@H]2O[C@H](COP(=O)(O)OP(=O)(O)O)[C@@H](O)[C@H]2O)c(=O)[nH]1. The molecule has 2 saturated heterocycles. The molecule has 16 N–H and O–H groups in total. The third-order valence-corrected chi connectivity index (χ3v) is 17.2. The van der Waals surface area contributed by atoms with Crippen LogP contribution in [0.25, 0.3) is 44.6 Å². The average Bonchev–Trinajstić information content (AvgIpc) is 4.33. The Morgan fingerprint density at radius 2 is 1.08 bits per heavy atom. The number of anilines is 2. The summed E-state index contributed by atoms with van der Waals surface area (Å²) >= 11 is 3.44. The monoisotopic (exact) mass is 1300 g/mol. The Labute approximate surface area is 475 Å². The number of alkyl halides is 1. The number of benzene rings is 4. The van der Waals surface area contributed by atoms with Gasteiger partial charge >= 0.3 is 36.9 Å². The van der Waals surface area contributed by atoms with Crippen molar-refractivity contribution in [1.29, 1.82) is 0 Å². The number of ether oxygens (including phenoxy) is 2. The second kappa shape index (κ2) is 26.1. The van der Waals surface area contributed by atoms with Crippen molar-refractivity contribution in [1.82, 2.24) is 34.1 Å². The molecule has 0 bridgehead atoms. The number of rotatable bonds is 17. The minimum Gasteiger partial charge on any atom is -0.387 e. The molecule has 2 fully saturated rings. The number of nitrogens with one attached hydrogen (secondary N) is 2. The lowest BCUT2D eigenvalue weighted by Crippen LogP contribution is -2.46. The molecule has 0 saturated carbocycles. The van der Waals surface area contributed by atoms with Crippen LogP contribution in [0.2, 0.25) is 0 Å². The largest absolute Gasteiger partial charge is 0.481 e. The standard InChI is InChI=1S/C23H25N5O11P2.C13H11Br.C10H15N5O11P2/c24-23-25-20-17(21(31)26-23)27(10-13-6-8-15(9-7-13)14-4-2-1-3-5-14)12-28(20)22-19(30)18(29)16(38-22)11-37-41(35,36)39-40(32,33)34;14-10-11-6-8-13(9-7-11)12-4-2-1-3-5-12;11-10-13-7-4(8(18)14-10)12-2-15(7)9-6(17)5(16)3(25-9)1-24-28(22,23)26-27(19,20)21/h1-9,12,16,18-19,22,29-30H,10-11H2,(H5-,24,25,26,31,32,33,34,35,36);1-9H,10H2;2-3,5-6,9,16-17H,1H2,(H,22,23)(H2,19,20,21)(H3,11,13,14,18)/p+1/t16-,18-,19-,22-;;3-,5-,6-,9-/m1.1/s1. The van der Waals surface area contributed by atoms with E-state index in [1.165, 1.54) is 27.6 Å². The van der Waals surface area contributed by atoms with E-state index in [9.17, 15) is 58.1 Å². The van der Waals surface area contributed by atoms with Crippen LogP contribution in [-0.4, -0.2) is 134 Å². The minimum atomic E-state index is -5.37. The molecule has 0 radical (unpaired) electrons. The van der Waals surface area contributed by atoms with Gasteiger partial charge < -0.3 is 70.7 Å². The molecule has 2 unspecified atom stereocenters. The first-order chi connectivity index (χ1) is 39.1. The normalized spacial score (nSPS) is 22.3. The van der Waals surface area contributed by atoms with Gasteiger partial charge in [-0.2, -0.15) is 13.6 Å². The van der Waals surface area contributed by atoms with Crippen LogP contribution >= 0.6 is 47.2 Å². The van der Waals surface area contributed by atoms with E-state index >= 15 is 0 Å². The van der Waals surface area contributed by atoms with E-state index in [1.54, 1.807) is 4.57 Å². The predicted octanol–water partition coefficient (Wildman–Crippen LogP) is 1.95. The van der Waals surface area contributed by atoms with Crippen LogP contribution in [0.15, 0.2) is 131 Å². The van der Waals surface area contributed by atoms with Crippen molar-refractivity contribution < 1.29 is 99.8 Å². The molecule has 0 amide bonds. The highest BCUT2D eigenvalue weighted by atomic mass is 79.9. The summed E-state index contributed by atoms with van der Waals surface area (Å²) in [4.78, 5) is 94.6. The van der Waals surface area contributed by atoms with Crippen molar-refractivity contribution in [2.24, 2.45) is 0 Å². The molecule has 0 aliphatic carbocycles. The predicted molar refractivity (Wildman–Crippen MR) is 293 cm³/mol. The number of imidazole rings is 2. The van der Waals surface area contributed by atoms with Gasteiger partial charge in [-0.25, -0.2) is 27.8 Å². The molecule has 0 spiro atoms. The number of aromatic nitrogens is 8. The molecule has 10 atom stereocenters. The number of fused-ring (bicyclic) bond motifs is 2. The fourth-order valence-corrected chi connectivity index (χ4v) is 12.1. The molecule has 6 heterocycles. The number of aliphatic hydroxyl groups is 4. The summed E-state index contributed by atoms with van der Waals surface area (Å²) in [5.74, 6) is -0.451. The minimum absolute atomic E-state index is 0.0163. The highest BCUT2D eigenvalue weighted by Crippen LogP contribution is 2.58. The molecular weight excluding hydrogens is 1250 g/mol. The van der Waals surface area contributed by atoms with Gasteiger partial charge in [0.15, 0.2) is 23.7 Å². The van der Waals surface area contributed by atoms with E-state index < -0.39 is 105 Å². The summed E-state index contributed by atoms with van der Waals surface area (Å²) in [6.07, 6.45) is -9.55. The number of aliphatic hydroxyl groups excluding tert-OH is 4. The van der Waals surface area contributed by atoms with E-state index in [4.69, 9.17) is 40.5 Å². The van der Waals surface area contributed by atoms with Crippen LogP contribution < -0.4 is 27.2 Å². The van der Waals surface area contributed by atoms with Gasteiger partial charge in [0.25, 0.3) is 17.1 Å². The highest BCUT2D eigenvalue weighted by Gasteiger charge is 2.49. The van der Waals surface area contributed by atoms with Crippen LogP contribution in [-0.2, 0) is 57.3 Å². The highest BCUT2D eigenvalue weighted by molar-refractivity contribution is 9.08. The number of hydrogen-bond donors (Lipinski definition) is 14. The first-order valence-corrected chi connectivity index (χ1v) is 31.1. The molecule has 2 aliphatic heterocycles. The fourth-order valence-electron chi connectivity index (χ4n) is 8.50. The van der Waals surface area contributed by atoms with E-state index in [-0.39, 0.29) is 40.8 Å². The van der Waals surface area contributed by atoms with Crippen LogP contribution in [0.1, 0.15) is 23.6 Å². The summed E-state index contributed by atoms with van der Waals surface area (Å²) in [7, 11) is -21.1. The number of aromatic amines is 2. The van der Waals surface area contributed by atoms with Gasteiger partial charge in [0.2, 0.25) is 17.7 Å². The summed E-state index contributed by atoms with van der Waals surface area (Å²) in [6, 6.07) is 36.5. The molecular formula is C46H52BrN10O22P4+. The third-order valence-electron chi connectivity index (χ3n) is 12.2. The lowest BCUT2D eigenvalue weighted by molar-refractivity contribution is -0.745. The zero-order valence-electron chi connectivity index (χ0n) is 42.4. The van der Waals surface area contributed by atoms with E-state index in [1.807, 2.05) is 60.7 Å². The van der Waals surface area contributed by atoms with Crippen molar-refractivity contribution in [3.63, 3.8) is 0 Å². The molecule has 4 aromatic heterocycles. The molecule has 37 heteroatoms. The van der Waals surface area contributed by atoms with Crippen molar-refractivity contribution in [3.8, 4) is 22.3 Å². The van der Waals surface area contributed by atoms with Gasteiger partial charge in [-0.15, -0.1) is 0 Å². The molecule has 2 aliphatic rings. The van der Waals surface area contributed by atoms with E-state index in [0.717, 1.165) is 32.9 Å². The Balaban J connectivity index is 0.000000183. The summed E-state index contributed by atoms with van der Waals surface area (Å²) in [6.45, 7) is -1.55. The molecule has 32 nitrogen and oxygen atoms in total. The number of phosphoric acid groups is 4. The van der Waals surface area contributed by atoms with E-state index in [0.29, 0.717) is 0 Å². The summed E-state index contributed by atoms with van der Waals surface area (Å²) < 4.78 is 76.0. The fraction of sp³-hybridized carbons (Fsp3) is 0.261. The summed E-state index contributed by atoms with van der Waals surface area (Å²) in [5.41, 5.74) is 16.7. The maximum atomic E-state index is 12.9. The van der Waals surface area contributed by atoms with Crippen LogP contribution in [0.4, 0.5) is 11.9 Å². The molecule has 4 aromatic carbocycles. The van der Waals surface area contributed by atoms with E-state index in [2.05, 4.69) is 107 Å². The van der Waals surface area contributed by atoms with Crippen LogP contribution in [0.5, 0.6) is 0 Å². The number of hydrogen-bond acceptors (Lipinski definition) is 21. The molecule has 83 heavy (non-hydrogen) atoms. The van der Waals surface area contributed by atoms with Gasteiger partial charge in [0.1, 0.15) is 36.6 Å². The van der Waals surface area contributed by atoms with Crippen molar-refractivity contribution in [2.45, 2.75) is 61.0 Å². The maximum absolute atomic E-state index is 12.9. The van der Waals surface area contributed by atoms with Gasteiger partial charge in [0, 0.05) is 5.33 Å². The Kier molecular flexibility index (Phi) is 19.8. The molecule has 10 rings (SSSR count). The lowest BCUT2D eigenvalue weighted by atomic mass is 10.0. The third kappa shape index (κ3) is 16.0. The number of phosphoric ester groups is 2. The number of nitrogens with two attached hydrogens (primary N) is 2. The Morgan fingerprint density at radius 3 is 1.60 bits per heavy atom. The second-order valence-electron chi connectivity index (χ2n) is 18.1. The van der Waals surface area contributed by atoms with Gasteiger partial charge in [-0.1, -0.05) is 130 Å². The molecule has 444 valence electrons. The zero-order valence-corrected chi connectivity index (χ0v) is 47.5. The Bertz CT molecular complexity index is 3870.